The second kappa shape index (κ2) is 208. The molecular weight excluding hydrogens is 168 g/mol. The molecule has 0 N–H and O–H groups in total. The molecule has 0 rings (SSSR count). The van der Waals surface area contributed by atoms with Crippen molar-refractivity contribution < 1.29 is 0 Å². The van der Waals surface area contributed by atoms with E-state index in [1.54, 1.807) is 0 Å². The van der Waals surface area contributed by atoms with Gasteiger partial charge in [-0.05, 0) is 0 Å². The number of hydrogen-bond acceptors (Lipinski definition) is 0. The van der Waals surface area contributed by atoms with Crippen molar-refractivity contribution in [1.82, 2.24) is 0 Å². The van der Waals surface area contributed by atoms with Gasteiger partial charge in [0.2, 0.25) is 0 Å². The summed E-state index contributed by atoms with van der Waals surface area (Å²) in [7, 11) is 0. The Bertz CT molecular complexity index is 4.75. The van der Waals surface area contributed by atoms with Gasteiger partial charge < -0.3 is 0 Å². The van der Waals surface area contributed by atoms with E-state index in [1.165, 1.54) is 19.3 Å². The van der Waals surface area contributed by atoms with Gasteiger partial charge in [0.15, 0.2) is 0 Å². The molecule has 0 heterocycles. The molecule has 0 radical (unpaired) electrons. The minimum Gasteiger partial charge on any atom is -0.0776 e. The summed E-state index contributed by atoms with van der Waals surface area (Å²) in [6.45, 7) is 20.8. The molecule has 0 aliphatic carbocycles. The molecule has 0 aromatic carbocycles. The van der Waals surface area contributed by atoms with Crippen LogP contribution >= 0.6 is 0 Å². The van der Waals surface area contributed by atoms with Gasteiger partial charge in [0, 0.05) is 0 Å². The average Bonchev–Trinajstić information content (AvgIpc) is 2.14. The standard InChI is InChI=1S/3C3H8.2C2H6.CH4/c3*1-3-2;2*1-2;/h3*3H2,1-2H3;2*1-2H3;1H4. The van der Waals surface area contributed by atoms with Crippen molar-refractivity contribution in [2.45, 2.75) is 95.9 Å². The highest BCUT2D eigenvalue weighted by Crippen LogP contribution is 1.56. The first-order valence-electron chi connectivity index (χ1n) is 6.24. The van der Waals surface area contributed by atoms with Gasteiger partial charge in [0.25, 0.3) is 0 Å². The van der Waals surface area contributed by atoms with Crippen molar-refractivity contribution in [2.24, 2.45) is 0 Å². The Morgan fingerprint density at radius 2 is 0.429 bits per heavy atom. The average molecular weight is 208 g/mol. The Balaban J connectivity index is -0.0000000142. The van der Waals surface area contributed by atoms with E-state index in [-0.39, 0.29) is 7.43 Å². The fraction of sp³-hybridized carbons (Fsp3) is 1.00. The summed E-state index contributed by atoms with van der Waals surface area (Å²) in [5.74, 6) is 0. The summed E-state index contributed by atoms with van der Waals surface area (Å²) in [5.41, 5.74) is 0. The van der Waals surface area contributed by atoms with Gasteiger partial charge in [0.05, 0.1) is 0 Å². The smallest absolute Gasteiger partial charge is 0.0590 e. The first-order chi connectivity index (χ1) is 6.24. The fourth-order valence-corrected chi connectivity index (χ4v) is 0. The molecule has 14 heavy (non-hydrogen) atoms. The van der Waals surface area contributed by atoms with E-state index in [0.29, 0.717) is 0 Å². The fourth-order valence-electron chi connectivity index (χ4n) is 0. The molecule has 0 saturated heterocycles. The van der Waals surface area contributed by atoms with Crippen LogP contribution in [0.15, 0.2) is 0 Å². The molecule has 0 saturated carbocycles. The van der Waals surface area contributed by atoms with Gasteiger partial charge in [-0.25, -0.2) is 0 Å². The third kappa shape index (κ3) is 0. The Labute approximate surface area is 96.5 Å². The first-order valence-corrected chi connectivity index (χ1v) is 6.24. The molecular formula is C14H40. The maximum atomic E-state index is 2.12. The van der Waals surface area contributed by atoms with E-state index < -0.39 is 0 Å². The molecule has 0 aromatic heterocycles. The lowest BCUT2D eigenvalue weighted by molar-refractivity contribution is 1.09. The lowest BCUT2D eigenvalue weighted by Gasteiger charge is -1.48. The van der Waals surface area contributed by atoms with Crippen molar-refractivity contribution >= 4 is 0 Å². The molecule has 0 aliphatic heterocycles. The molecule has 0 nitrogen and oxygen atoms in total. The van der Waals surface area contributed by atoms with E-state index in [9.17, 15) is 0 Å². The highest BCUT2D eigenvalue weighted by molar-refractivity contribution is 3.92. The molecule has 0 heteroatoms. The minimum absolute atomic E-state index is 0. The Kier molecular flexibility index (Phi) is 549. The maximum Gasteiger partial charge on any atom is -0.0590 e. The zero-order chi connectivity index (χ0) is 12.1. The maximum absolute atomic E-state index is 2.12. The quantitative estimate of drug-likeness (QED) is 0.404. The number of hydrogen-bond donors (Lipinski definition) is 0. The van der Waals surface area contributed by atoms with Crippen LogP contribution in [0.2, 0.25) is 0 Å². The Hall–Kier alpha value is 0. The van der Waals surface area contributed by atoms with Crippen LogP contribution in [0.25, 0.3) is 0 Å². The molecule has 0 unspecified atom stereocenters. The van der Waals surface area contributed by atoms with Crippen LogP contribution in [-0.4, -0.2) is 0 Å². The number of rotatable bonds is 0. The lowest BCUT2D eigenvalue weighted by Crippen LogP contribution is -1.27. The molecule has 0 spiro atoms. The summed E-state index contributed by atoms with van der Waals surface area (Å²) in [5, 5.41) is 0. The SMILES string of the molecule is C.CC.CC.CCC.CCC.CCC. The molecule has 0 aliphatic rings. The minimum atomic E-state index is 0. The zero-order valence-corrected chi connectivity index (χ0v) is 12.1. The normalized spacial score (nSPS) is 4.71. The van der Waals surface area contributed by atoms with E-state index in [2.05, 4.69) is 41.5 Å². The Morgan fingerprint density at radius 1 is 0.429 bits per heavy atom. The summed E-state index contributed by atoms with van der Waals surface area (Å²) in [4.78, 5) is 0. The first kappa shape index (κ1) is 37.0. The van der Waals surface area contributed by atoms with Crippen molar-refractivity contribution in [3.8, 4) is 0 Å². The molecule has 96 valence electrons. The predicted octanol–water partition coefficient (Wildman–Crippen LogP) is 6.94. The van der Waals surface area contributed by atoms with E-state index in [4.69, 9.17) is 0 Å². The van der Waals surface area contributed by atoms with E-state index in [0.717, 1.165) is 0 Å². The second-order valence-electron chi connectivity index (χ2n) is 2.12. The zero-order valence-electron chi connectivity index (χ0n) is 12.1. The van der Waals surface area contributed by atoms with Crippen molar-refractivity contribution in [3.05, 3.63) is 0 Å². The third-order valence-corrected chi connectivity index (χ3v) is 0. The van der Waals surface area contributed by atoms with E-state index >= 15 is 0 Å². The van der Waals surface area contributed by atoms with Gasteiger partial charge in [-0.1, -0.05) is 95.9 Å². The van der Waals surface area contributed by atoms with E-state index in [1.807, 2.05) is 27.7 Å². The van der Waals surface area contributed by atoms with Crippen LogP contribution in [0, 0.1) is 0 Å². The van der Waals surface area contributed by atoms with Crippen LogP contribution in [0.1, 0.15) is 95.9 Å². The summed E-state index contributed by atoms with van der Waals surface area (Å²) in [6, 6.07) is 0. The molecule has 0 aromatic rings. The van der Waals surface area contributed by atoms with Gasteiger partial charge >= 0.3 is 0 Å². The van der Waals surface area contributed by atoms with Crippen molar-refractivity contribution in [2.75, 3.05) is 0 Å². The van der Waals surface area contributed by atoms with Crippen molar-refractivity contribution in [3.63, 3.8) is 0 Å². The largest absolute Gasteiger partial charge is 0.0776 e. The van der Waals surface area contributed by atoms with Gasteiger partial charge in [-0.2, -0.15) is 0 Å². The van der Waals surface area contributed by atoms with Crippen LogP contribution in [0.3, 0.4) is 0 Å². The van der Waals surface area contributed by atoms with Gasteiger partial charge in [-0.3, -0.25) is 0 Å². The van der Waals surface area contributed by atoms with Crippen molar-refractivity contribution in [1.29, 1.82) is 0 Å². The summed E-state index contributed by atoms with van der Waals surface area (Å²) >= 11 is 0. The molecule has 0 fully saturated rings. The molecule has 0 amide bonds. The van der Waals surface area contributed by atoms with Crippen LogP contribution in [0.4, 0.5) is 0 Å². The topological polar surface area (TPSA) is 0 Å². The van der Waals surface area contributed by atoms with Crippen LogP contribution < -0.4 is 0 Å². The third-order valence-electron chi connectivity index (χ3n) is 0. The molecule has 0 bridgehead atoms. The van der Waals surface area contributed by atoms with Gasteiger partial charge in [0.1, 0.15) is 0 Å². The van der Waals surface area contributed by atoms with Crippen LogP contribution in [-0.2, 0) is 0 Å². The van der Waals surface area contributed by atoms with Gasteiger partial charge in [-0.15, -0.1) is 0 Å². The Morgan fingerprint density at radius 3 is 0.429 bits per heavy atom. The lowest BCUT2D eigenvalue weighted by atomic mass is 10.6. The van der Waals surface area contributed by atoms with Crippen LogP contribution in [0.5, 0.6) is 0 Å². The predicted molar refractivity (Wildman–Crippen MR) is 77.3 cm³/mol. The monoisotopic (exact) mass is 208 g/mol. The highest BCUT2D eigenvalue weighted by atomic mass is 13.4. The molecule has 0 atom stereocenters. The second-order valence-corrected chi connectivity index (χ2v) is 2.12. The summed E-state index contributed by atoms with van der Waals surface area (Å²) < 4.78 is 0. The highest BCUT2D eigenvalue weighted by Gasteiger charge is 1.36. The summed E-state index contributed by atoms with van der Waals surface area (Å²) in [6.07, 6.45) is 3.75.